The Morgan fingerprint density at radius 2 is 2.29 bits per heavy atom. The number of aromatic nitrogens is 1. The second kappa shape index (κ2) is 4.83. The number of pyridine rings is 1. The van der Waals surface area contributed by atoms with Gasteiger partial charge in [0.15, 0.2) is 0 Å². The van der Waals surface area contributed by atoms with Crippen LogP contribution in [0.2, 0.25) is 5.02 Å². The normalized spacial score (nSPS) is 9.57. The largest absolute Gasteiger partial charge is 0.358 e. The first kappa shape index (κ1) is 10.8. The molecule has 0 atom stereocenters. The van der Waals surface area contributed by atoms with Crippen molar-refractivity contribution in [1.82, 2.24) is 4.98 Å². The Bertz CT molecular complexity index is 357. The van der Waals surface area contributed by atoms with E-state index >= 15 is 0 Å². The Morgan fingerprint density at radius 3 is 2.86 bits per heavy atom. The van der Waals surface area contributed by atoms with Crippen LogP contribution < -0.4 is 4.90 Å². The minimum absolute atomic E-state index is 0.396. The van der Waals surface area contributed by atoms with E-state index < -0.39 is 0 Å². The minimum atomic E-state index is 0.396. The fourth-order valence-corrected chi connectivity index (χ4v) is 1.45. The van der Waals surface area contributed by atoms with Crippen molar-refractivity contribution in [2.24, 2.45) is 0 Å². The van der Waals surface area contributed by atoms with Crippen molar-refractivity contribution in [2.45, 2.75) is 13.3 Å². The van der Waals surface area contributed by atoms with Crippen LogP contribution in [-0.4, -0.2) is 18.6 Å². The lowest BCUT2D eigenvalue weighted by Crippen LogP contribution is -2.19. The minimum Gasteiger partial charge on any atom is -0.358 e. The summed E-state index contributed by atoms with van der Waals surface area (Å²) >= 11 is 5.97. The molecule has 1 rings (SSSR count). The molecule has 0 aliphatic rings. The van der Waals surface area contributed by atoms with Gasteiger partial charge in [-0.15, -0.1) is 0 Å². The Hall–Kier alpha value is -1.27. The number of rotatable bonds is 3. The SMILES string of the molecule is CCCN(C)c1nc(C#N)ccc1Cl. The van der Waals surface area contributed by atoms with E-state index in [0.29, 0.717) is 16.5 Å². The predicted octanol–water partition coefficient (Wildman–Crippen LogP) is 2.45. The molecule has 1 aromatic rings. The molecule has 3 nitrogen and oxygen atoms in total. The molecule has 0 saturated carbocycles. The quantitative estimate of drug-likeness (QED) is 0.768. The molecule has 0 bridgehead atoms. The van der Waals surface area contributed by atoms with Crippen molar-refractivity contribution in [3.8, 4) is 6.07 Å². The summed E-state index contributed by atoms with van der Waals surface area (Å²) < 4.78 is 0. The van der Waals surface area contributed by atoms with Gasteiger partial charge in [0, 0.05) is 13.6 Å². The van der Waals surface area contributed by atoms with Gasteiger partial charge < -0.3 is 4.90 Å². The van der Waals surface area contributed by atoms with E-state index in [2.05, 4.69) is 11.9 Å². The number of nitrogens with zero attached hydrogens (tertiary/aromatic N) is 3. The Morgan fingerprint density at radius 1 is 1.57 bits per heavy atom. The summed E-state index contributed by atoms with van der Waals surface area (Å²) in [4.78, 5) is 6.09. The molecule has 0 N–H and O–H groups in total. The number of anilines is 1. The van der Waals surface area contributed by atoms with Crippen molar-refractivity contribution >= 4 is 17.4 Å². The topological polar surface area (TPSA) is 39.9 Å². The zero-order chi connectivity index (χ0) is 10.6. The highest BCUT2D eigenvalue weighted by Crippen LogP contribution is 2.22. The van der Waals surface area contributed by atoms with Gasteiger partial charge in [-0.05, 0) is 18.6 Å². The Labute approximate surface area is 88.9 Å². The first-order chi connectivity index (χ1) is 6.69. The maximum Gasteiger partial charge on any atom is 0.148 e. The highest BCUT2D eigenvalue weighted by Gasteiger charge is 2.07. The summed E-state index contributed by atoms with van der Waals surface area (Å²) in [6, 6.07) is 5.31. The van der Waals surface area contributed by atoms with Gasteiger partial charge >= 0.3 is 0 Å². The van der Waals surface area contributed by atoms with Crippen molar-refractivity contribution < 1.29 is 0 Å². The van der Waals surface area contributed by atoms with Gasteiger partial charge in [-0.3, -0.25) is 0 Å². The zero-order valence-corrected chi connectivity index (χ0v) is 9.04. The molecule has 0 amide bonds. The van der Waals surface area contributed by atoms with E-state index in [-0.39, 0.29) is 0 Å². The van der Waals surface area contributed by atoms with Gasteiger partial charge in [-0.1, -0.05) is 18.5 Å². The monoisotopic (exact) mass is 209 g/mol. The molecule has 0 radical (unpaired) electrons. The lowest BCUT2D eigenvalue weighted by atomic mass is 10.3. The molecule has 0 aliphatic carbocycles. The highest BCUT2D eigenvalue weighted by atomic mass is 35.5. The first-order valence-electron chi connectivity index (χ1n) is 4.46. The first-order valence-corrected chi connectivity index (χ1v) is 4.84. The molecule has 14 heavy (non-hydrogen) atoms. The predicted molar refractivity (Wildman–Crippen MR) is 57.5 cm³/mol. The number of hydrogen-bond donors (Lipinski definition) is 0. The van der Waals surface area contributed by atoms with E-state index in [4.69, 9.17) is 16.9 Å². The number of hydrogen-bond acceptors (Lipinski definition) is 3. The fourth-order valence-electron chi connectivity index (χ4n) is 1.20. The van der Waals surface area contributed by atoms with Gasteiger partial charge in [-0.25, -0.2) is 4.98 Å². The summed E-state index contributed by atoms with van der Waals surface area (Å²) in [6.45, 7) is 2.96. The molecule has 0 aromatic carbocycles. The van der Waals surface area contributed by atoms with Crippen LogP contribution in [0.4, 0.5) is 5.82 Å². The van der Waals surface area contributed by atoms with Crippen molar-refractivity contribution in [2.75, 3.05) is 18.5 Å². The fraction of sp³-hybridized carbons (Fsp3) is 0.400. The summed E-state index contributed by atoms with van der Waals surface area (Å²) in [5.74, 6) is 0.674. The van der Waals surface area contributed by atoms with Gasteiger partial charge in [0.1, 0.15) is 17.6 Å². The van der Waals surface area contributed by atoms with Crippen LogP contribution in [0.5, 0.6) is 0 Å². The smallest absolute Gasteiger partial charge is 0.148 e. The second-order valence-corrected chi connectivity index (χ2v) is 3.44. The second-order valence-electron chi connectivity index (χ2n) is 3.04. The number of nitriles is 1. The Balaban J connectivity index is 3.01. The van der Waals surface area contributed by atoms with Gasteiger partial charge in [0.05, 0.1) is 5.02 Å². The standard InChI is InChI=1S/C10H12ClN3/c1-3-6-14(2)10-9(11)5-4-8(7-12)13-10/h4-5H,3,6H2,1-2H3. The van der Waals surface area contributed by atoms with E-state index in [0.717, 1.165) is 13.0 Å². The van der Waals surface area contributed by atoms with Crippen LogP contribution in [0.3, 0.4) is 0 Å². The average molecular weight is 210 g/mol. The maximum absolute atomic E-state index is 8.69. The van der Waals surface area contributed by atoms with E-state index in [1.54, 1.807) is 12.1 Å². The molecule has 0 fully saturated rings. The molecule has 1 aromatic heterocycles. The number of halogens is 1. The van der Waals surface area contributed by atoms with Crippen LogP contribution in [-0.2, 0) is 0 Å². The van der Waals surface area contributed by atoms with E-state index in [1.165, 1.54) is 0 Å². The van der Waals surface area contributed by atoms with Crippen LogP contribution in [0.15, 0.2) is 12.1 Å². The molecular weight excluding hydrogens is 198 g/mol. The third-order valence-corrected chi connectivity index (χ3v) is 2.16. The van der Waals surface area contributed by atoms with Gasteiger partial charge in [-0.2, -0.15) is 5.26 Å². The molecule has 74 valence electrons. The van der Waals surface area contributed by atoms with Gasteiger partial charge in [0.25, 0.3) is 0 Å². The summed E-state index contributed by atoms with van der Waals surface area (Å²) in [5.41, 5.74) is 0.396. The third kappa shape index (κ3) is 2.36. The molecular formula is C10H12ClN3. The van der Waals surface area contributed by atoms with Crippen molar-refractivity contribution in [3.63, 3.8) is 0 Å². The maximum atomic E-state index is 8.69. The molecule has 0 spiro atoms. The molecule has 0 saturated heterocycles. The van der Waals surface area contributed by atoms with Crippen LogP contribution >= 0.6 is 11.6 Å². The lowest BCUT2D eigenvalue weighted by Gasteiger charge is -2.18. The van der Waals surface area contributed by atoms with E-state index in [9.17, 15) is 0 Å². The van der Waals surface area contributed by atoms with E-state index in [1.807, 2.05) is 18.0 Å². The average Bonchev–Trinajstić information content (AvgIpc) is 2.19. The summed E-state index contributed by atoms with van der Waals surface area (Å²) in [6.07, 6.45) is 1.02. The third-order valence-electron chi connectivity index (χ3n) is 1.86. The Kier molecular flexibility index (Phi) is 3.73. The molecule has 4 heteroatoms. The van der Waals surface area contributed by atoms with Gasteiger partial charge in [0.2, 0.25) is 0 Å². The van der Waals surface area contributed by atoms with Crippen molar-refractivity contribution in [3.05, 3.63) is 22.8 Å². The van der Waals surface area contributed by atoms with Crippen LogP contribution in [0.25, 0.3) is 0 Å². The zero-order valence-electron chi connectivity index (χ0n) is 8.29. The molecule has 0 unspecified atom stereocenters. The van der Waals surface area contributed by atoms with Crippen LogP contribution in [0.1, 0.15) is 19.0 Å². The summed E-state index contributed by atoms with van der Waals surface area (Å²) in [5, 5.41) is 9.27. The molecule has 0 aliphatic heterocycles. The summed E-state index contributed by atoms with van der Waals surface area (Å²) in [7, 11) is 1.92. The highest BCUT2D eigenvalue weighted by molar-refractivity contribution is 6.32. The van der Waals surface area contributed by atoms with Crippen molar-refractivity contribution in [1.29, 1.82) is 5.26 Å². The molecule has 1 heterocycles. The lowest BCUT2D eigenvalue weighted by molar-refractivity contribution is 0.837. The van der Waals surface area contributed by atoms with Crippen LogP contribution in [0, 0.1) is 11.3 Å².